The molecule has 0 radical (unpaired) electrons. The zero-order chi connectivity index (χ0) is 31.7. The summed E-state index contributed by atoms with van der Waals surface area (Å²) in [5.41, 5.74) is -0.795. The predicted molar refractivity (Wildman–Crippen MR) is 195 cm³/mol. The van der Waals surface area contributed by atoms with Gasteiger partial charge in [-0.2, -0.15) is 0 Å². The standard InChI is InChI=1S/C27H63O9PS3Si3/c1-10-28-41(29-11-2,30-12-3)38(22-19-23-38)37(39(24-20-25-39)42(31-13-4,32-14-5)33-15-6)40(26-21-27-40)43(34-16-7,35-17-8)36-18-9/h10-27H2,1-9H3. The minimum absolute atomic E-state index is 0.588. The van der Waals surface area contributed by atoms with Crippen LogP contribution in [0.15, 0.2) is 0 Å². The highest BCUT2D eigenvalue weighted by molar-refractivity contribution is 9.42. The molecule has 43 heavy (non-hydrogen) atoms. The Balaban J connectivity index is 2.48. The highest BCUT2D eigenvalue weighted by Crippen LogP contribution is 3.14. The van der Waals surface area contributed by atoms with Crippen LogP contribution in [0.2, 0.25) is 0 Å². The summed E-state index contributed by atoms with van der Waals surface area (Å²) in [6, 6.07) is 0. The smallest absolute Gasteiger partial charge is 0.366 e. The van der Waals surface area contributed by atoms with Crippen molar-refractivity contribution in [3.63, 3.8) is 0 Å². The van der Waals surface area contributed by atoms with Crippen molar-refractivity contribution in [2.75, 3.05) is 94.0 Å². The zero-order valence-corrected chi connectivity index (χ0v) is 34.9. The molecule has 0 aliphatic carbocycles. The molecule has 16 heteroatoms. The van der Waals surface area contributed by atoms with Crippen LogP contribution in [0.25, 0.3) is 0 Å². The van der Waals surface area contributed by atoms with E-state index in [2.05, 4.69) is 62.3 Å². The van der Waals surface area contributed by atoms with Gasteiger partial charge in [-0.25, -0.2) is 0 Å². The van der Waals surface area contributed by atoms with Gasteiger partial charge in [0.25, 0.3) is 0 Å². The van der Waals surface area contributed by atoms with Crippen LogP contribution < -0.4 is 0 Å². The summed E-state index contributed by atoms with van der Waals surface area (Å²) >= 11 is 0. The first-order valence-electron chi connectivity index (χ1n) is 16.7. The molecule has 0 aromatic carbocycles. The van der Waals surface area contributed by atoms with Gasteiger partial charge in [0, 0.05) is 65.0 Å². The van der Waals surface area contributed by atoms with Gasteiger partial charge in [-0.3, -0.25) is 0 Å². The topological polar surface area (TPSA) is 83.1 Å². The lowest BCUT2D eigenvalue weighted by Crippen LogP contribution is -2.63. The maximum Gasteiger partial charge on any atom is 0.561 e. The number of hydrogen-bond acceptors (Lipinski definition) is 9. The van der Waals surface area contributed by atoms with E-state index in [9.17, 15) is 0 Å². The normalized spacial score (nSPS) is 23.6. The van der Waals surface area contributed by atoms with Crippen molar-refractivity contribution >= 4 is 56.7 Å². The highest BCUT2D eigenvalue weighted by atomic mass is 33.5. The van der Waals surface area contributed by atoms with Crippen LogP contribution in [0.5, 0.6) is 0 Å². The van der Waals surface area contributed by atoms with E-state index in [1.807, 2.05) is 0 Å². The second-order valence-electron chi connectivity index (χ2n) is 10.4. The van der Waals surface area contributed by atoms with Crippen molar-refractivity contribution in [2.45, 2.75) is 81.6 Å². The van der Waals surface area contributed by atoms with E-state index < -0.39 is 56.7 Å². The minimum Gasteiger partial charge on any atom is -0.366 e. The fraction of sp³-hybridized carbons (Fsp3) is 1.00. The van der Waals surface area contributed by atoms with E-state index in [-0.39, 0.29) is 0 Å². The quantitative estimate of drug-likeness (QED) is 0.0739. The zero-order valence-electron chi connectivity index (χ0n) is 28.6. The van der Waals surface area contributed by atoms with Crippen LogP contribution in [-0.2, 0) is 39.8 Å². The van der Waals surface area contributed by atoms with Gasteiger partial charge >= 0.3 is 23.9 Å². The maximum atomic E-state index is 6.97. The summed E-state index contributed by atoms with van der Waals surface area (Å²) in [6.07, 6.45) is 3.54. The molecule has 9 nitrogen and oxygen atoms in total. The van der Waals surface area contributed by atoms with Crippen molar-refractivity contribution in [1.82, 2.24) is 0 Å². The van der Waals surface area contributed by atoms with E-state index >= 15 is 0 Å². The molecule has 0 spiro atoms. The lowest BCUT2D eigenvalue weighted by Gasteiger charge is -2.76. The Labute approximate surface area is 270 Å². The molecule has 0 N–H and O–H groups in total. The molecule has 3 fully saturated rings. The Morgan fingerprint density at radius 1 is 0.349 bits per heavy atom. The van der Waals surface area contributed by atoms with Gasteiger partial charge in [0.15, 0.2) is 0 Å². The summed E-state index contributed by atoms with van der Waals surface area (Å²) in [5.74, 6) is 6.74. The van der Waals surface area contributed by atoms with Crippen LogP contribution in [0.1, 0.15) is 81.6 Å². The fourth-order valence-corrected chi connectivity index (χ4v) is 123. The predicted octanol–water partition coefficient (Wildman–Crippen LogP) is 7.47. The van der Waals surface area contributed by atoms with Crippen molar-refractivity contribution in [3.8, 4) is 0 Å². The molecule has 3 aliphatic rings. The molecule has 0 amide bonds. The third-order valence-electron chi connectivity index (χ3n) is 8.03. The summed E-state index contributed by atoms with van der Waals surface area (Å²) in [7, 11) is -14.0. The summed E-state index contributed by atoms with van der Waals surface area (Å²) < 4.78 is 62.7. The Morgan fingerprint density at radius 3 is 0.605 bits per heavy atom. The summed E-state index contributed by atoms with van der Waals surface area (Å²) in [5, 5.41) is 0. The van der Waals surface area contributed by atoms with Crippen LogP contribution in [0, 0.1) is 0 Å². The van der Waals surface area contributed by atoms with E-state index in [0.29, 0.717) is 59.5 Å². The molecule has 3 rings (SSSR count). The molecule has 0 aromatic heterocycles. The van der Waals surface area contributed by atoms with Crippen LogP contribution in [0.4, 0.5) is 0 Å². The monoisotopic (exact) mass is 742 g/mol. The van der Waals surface area contributed by atoms with Crippen molar-refractivity contribution in [1.29, 1.82) is 0 Å². The van der Waals surface area contributed by atoms with E-state index in [4.69, 9.17) is 39.8 Å². The maximum absolute atomic E-state index is 6.97. The van der Waals surface area contributed by atoms with Gasteiger partial charge < -0.3 is 39.8 Å². The molecule has 0 aromatic rings. The molecular weight excluding hydrogens is 680 g/mol. The Hall–Kier alpha value is 1.77. The molecule has 0 atom stereocenters. The largest absolute Gasteiger partial charge is 0.561 e. The first-order chi connectivity index (χ1) is 20.8. The average molecular weight is 743 g/mol. The molecule has 260 valence electrons. The van der Waals surface area contributed by atoms with E-state index in [1.54, 1.807) is 0 Å². The van der Waals surface area contributed by atoms with Crippen molar-refractivity contribution in [3.05, 3.63) is 0 Å². The van der Waals surface area contributed by atoms with Crippen molar-refractivity contribution < 1.29 is 39.8 Å². The number of hydrogen-bond donors (Lipinski definition) is 0. The molecule has 0 saturated carbocycles. The average Bonchev–Trinajstić information content (AvgIpc) is 2.88. The highest BCUT2D eigenvalue weighted by Gasteiger charge is 2.81. The van der Waals surface area contributed by atoms with Crippen LogP contribution in [-0.4, -0.2) is 118 Å². The second kappa shape index (κ2) is 17.4. The molecular formula is C27H63O9PS3Si3. The lowest BCUT2D eigenvalue weighted by atomic mass is 10.5. The second-order valence-corrected chi connectivity index (χ2v) is 50.3. The molecule has 3 saturated heterocycles. The van der Waals surface area contributed by atoms with Crippen molar-refractivity contribution in [2.24, 2.45) is 0 Å². The molecule has 0 unspecified atom stereocenters. The molecule has 0 bridgehead atoms. The van der Waals surface area contributed by atoms with Gasteiger partial charge in [0.2, 0.25) is 0 Å². The van der Waals surface area contributed by atoms with E-state index in [0.717, 1.165) is 34.5 Å². The van der Waals surface area contributed by atoms with Gasteiger partial charge in [-0.05, 0) is 116 Å². The van der Waals surface area contributed by atoms with Gasteiger partial charge in [0.1, 0.15) is 0 Å². The lowest BCUT2D eigenvalue weighted by molar-refractivity contribution is 0.0948. The van der Waals surface area contributed by atoms with Crippen LogP contribution >= 0.6 is 32.8 Å². The SMILES string of the molecule is CCO[Si](OCC)(OCC)S1(P(S2([Si](OCC)(OCC)OCC)CCC2)S2([Si](OCC)(OCC)OCC)CCC2)CCC1. The first-order valence-corrected chi connectivity index (χ1v) is 33.1. The van der Waals surface area contributed by atoms with Gasteiger partial charge in [-0.15, -0.1) is 27.3 Å². The Morgan fingerprint density at radius 2 is 0.512 bits per heavy atom. The summed E-state index contributed by atoms with van der Waals surface area (Å²) in [4.78, 5) is 0. The first kappa shape index (κ1) is 39.2. The molecule has 3 heterocycles. The van der Waals surface area contributed by atoms with Crippen LogP contribution in [0.3, 0.4) is 0 Å². The Kier molecular flexibility index (Phi) is 15.9. The van der Waals surface area contributed by atoms with E-state index in [1.165, 1.54) is 19.3 Å². The third-order valence-corrected chi connectivity index (χ3v) is 81.3. The Bertz CT molecular complexity index is 685. The molecule has 3 aliphatic heterocycles. The fourth-order valence-electron chi connectivity index (χ4n) is 6.50. The van der Waals surface area contributed by atoms with Gasteiger partial charge in [0.05, 0.1) is 0 Å². The minimum atomic E-state index is -3.14. The number of rotatable bonds is 24. The summed E-state index contributed by atoms with van der Waals surface area (Å²) in [6.45, 7) is 24.2. The third kappa shape index (κ3) is 6.70. The van der Waals surface area contributed by atoms with Gasteiger partial charge in [-0.1, -0.05) is 0 Å².